The number of thiazole rings is 1. The van der Waals surface area contributed by atoms with Crippen molar-refractivity contribution in [1.82, 2.24) is 4.57 Å². The third kappa shape index (κ3) is 3.93. The fourth-order valence-corrected chi connectivity index (χ4v) is 7.22. The minimum atomic E-state index is -0.277. The van der Waals surface area contributed by atoms with E-state index in [1.165, 1.54) is 18.3 Å². The molecule has 2 aromatic carbocycles. The molecule has 3 heterocycles. The van der Waals surface area contributed by atoms with E-state index < -0.39 is 0 Å². The van der Waals surface area contributed by atoms with Gasteiger partial charge in [-0.1, -0.05) is 27.3 Å². The summed E-state index contributed by atoms with van der Waals surface area (Å²) in [6.07, 6.45) is 0. The third-order valence-electron chi connectivity index (χ3n) is 5.70. The molecule has 2 aliphatic rings. The van der Waals surface area contributed by atoms with E-state index in [0.29, 0.717) is 17.9 Å². The number of benzene rings is 2. The van der Waals surface area contributed by atoms with Crippen LogP contribution in [0.3, 0.4) is 0 Å². The molecule has 0 fully saturated rings. The van der Waals surface area contributed by atoms with Crippen LogP contribution in [-0.4, -0.2) is 28.6 Å². The molecular formula is C23H19BrN2O4S2. The fraction of sp³-hybridized carbons (Fsp3) is 0.261. The van der Waals surface area contributed by atoms with E-state index in [1.54, 1.807) is 40.6 Å². The number of aromatic nitrogens is 1. The quantitative estimate of drug-likeness (QED) is 0.492. The maximum absolute atomic E-state index is 12.9. The summed E-state index contributed by atoms with van der Waals surface area (Å²) in [6.45, 7) is 2.07. The summed E-state index contributed by atoms with van der Waals surface area (Å²) in [5.41, 5.74) is 2.26. The van der Waals surface area contributed by atoms with Gasteiger partial charge in [-0.25, -0.2) is 0 Å². The number of ketones is 1. The Morgan fingerprint density at radius 1 is 1.22 bits per heavy atom. The normalized spacial score (nSPS) is 18.7. The molecule has 1 amide bonds. The number of halogens is 1. The number of anilines is 1. The predicted molar refractivity (Wildman–Crippen MR) is 129 cm³/mol. The van der Waals surface area contributed by atoms with Gasteiger partial charge in [0, 0.05) is 43.8 Å². The first-order valence-corrected chi connectivity index (χ1v) is 12.7. The molecule has 0 bridgehead atoms. The van der Waals surface area contributed by atoms with E-state index in [2.05, 4.69) is 27.3 Å². The maximum Gasteiger partial charge on any atom is 0.308 e. The minimum absolute atomic E-state index is 0.0311. The second-order valence-electron chi connectivity index (χ2n) is 7.85. The van der Waals surface area contributed by atoms with E-state index in [-0.39, 0.29) is 34.9 Å². The number of hydrogen-bond donors (Lipinski definition) is 1. The highest BCUT2D eigenvalue weighted by molar-refractivity contribution is 9.10. The first kappa shape index (κ1) is 21.5. The van der Waals surface area contributed by atoms with Gasteiger partial charge in [0.2, 0.25) is 5.91 Å². The van der Waals surface area contributed by atoms with Crippen molar-refractivity contribution >= 4 is 56.4 Å². The average Bonchev–Trinajstić information content (AvgIpc) is 3.08. The smallest absolute Gasteiger partial charge is 0.308 e. The Morgan fingerprint density at radius 3 is 2.75 bits per heavy atom. The van der Waals surface area contributed by atoms with Crippen LogP contribution in [0.15, 0.2) is 56.8 Å². The van der Waals surface area contributed by atoms with Gasteiger partial charge in [-0.05, 0) is 49.4 Å². The van der Waals surface area contributed by atoms with Crippen LogP contribution in [0, 0.1) is 5.92 Å². The van der Waals surface area contributed by atoms with Gasteiger partial charge in [0.25, 0.3) is 0 Å². The Morgan fingerprint density at radius 2 is 2.00 bits per heavy atom. The number of thioether (sulfide) groups is 1. The summed E-state index contributed by atoms with van der Waals surface area (Å²) in [5.74, 6) is 1.75. The Hall–Kier alpha value is -2.36. The second kappa shape index (κ2) is 8.53. The molecular weight excluding hydrogens is 512 g/mol. The fourth-order valence-electron chi connectivity index (χ4n) is 4.15. The number of rotatable bonds is 4. The van der Waals surface area contributed by atoms with E-state index in [0.717, 1.165) is 31.4 Å². The van der Waals surface area contributed by atoms with Gasteiger partial charge in [-0.2, -0.15) is 0 Å². The minimum Gasteiger partial charge on any atom is -0.493 e. The van der Waals surface area contributed by atoms with Crippen LogP contribution < -0.4 is 14.9 Å². The van der Waals surface area contributed by atoms with E-state index >= 15 is 0 Å². The summed E-state index contributed by atoms with van der Waals surface area (Å²) in [7, 11) is 0. The van der Waals surface area contributed by atoms with Crippen LogP contribution in [0.2, 0.25) is 0 Å². The lowest BCUT2D eigenvalue weighted by Gasteiger charge is -2.36. The third-order valence-corrected chi connectivity index (χ3v) is 8.69. The lowest BCUT2D eigenvalue weighted by Crippen LogP contribution is -2.31. The molecule has 5 rings (SSSR count). The molecule has 0 saturated carbocycles. The zero-order valence-electron chi connectivity index (χ0n) is 17.1. The molecule has 0 spiro atoms. The number of carbonyl (C=O) groups is 2. The van der Waals surface area contributed by atoms with Crippen molar-refractivity contribution in [3.05, 3.63) is 72.6 Å². The number of hydrogen-bond acceptors (Lipinski definition) is 6. The molecule has 3 aromatic rings. The average molecular weight is 531 g/mol. The van der Waals surface area contributed by atoms with Gasteiger partial charge in [0.1, 0.15) is 12.3 Å². The van der Waals surface area contributed by atoms with Crippen molar-refractivity contribution in [2.24, 2.45) is 5.92 Å². The van der Waals surface area contributed by atoms with Gasteiger partial charge in [0.15, 0.2) is 5.78 Å². The van der Waals surface area contributed by atoms with E-state index in [1.807, 2.05) is 12.1 Å². The van der Waals surface area contributed by atoms with E-state index in [9.17, 15) is 14.4 Å². The molecule has 0 radical (unpaired) electrons. The van der Waals surface area contributed by atoms with Crippen molar-refractivity contribution in [1.29, 1.82) is 0 Å². The summed E-state index contributed by atoms with van der Waals surface area (Å²) >= 11 is 6.39. The van der Waals surface area contributed by atoms with Crippen LogP contribution in [0.1, 0.15) is 33.6 Å². The molecule has 2 aliphatic heterocycles. The van der Waals surface area contributed by atoms with Crippen LogP contribution in [0.5, 0.6) is 5.75 Å². The van der Waals surface area contributed by atoms with Gasteiger partial charge in [0.05, 0.1) is 11.6 Å². The number of amides is 1. The maximum atomic E-state index is 12.9. The molecule has 1 aromatic heterocycles. The number of carbonyl (C=O) groups excluding carboxylic acids is 2. The van der Waals surface area contributed by atoms with Crippen LogP contribution in [0.4, 0.5) is 5.69 Å². The van der Waals surface area contributed by atoms with Crippen molar-refractivity contribution < 1.29 is 14.3 Å². The van der Waals surface area contributed by atoms with Gasteiger partial charge in [-0.15, -0.1) is 11.8 Å². The van der Waals surface area contributed by atoms with Crippen LogP contribution in [0.25, 0.3) is 0 Å². The van der Waals surface area contributed by atoms with Crippen LogP contribution in [-0.2, 0) is 11.3 Å². The first-order chi connectivity index (χ1) is 15.4. The Bertz CT molecular complexity index is 1280. The summed E-state index contributed by atoms with van der Waals surface area (Å²) in [4.78, 5) is 37.9. The molecule has 2 atom stereocenters. The summed E-state index contributed by atoms with van der Waals surface area (Å²) in [5, 5.41) is 3.69. The standard InChI is InChI=1S/C23H19BrN2O4S2/c1-12(27)13-2-5-16(6-3-13)25-19(28)9-26-22-21(32-23(26)29)20-14(11-31-22)10-30-18-7-4-15(24)8-17(18)20/h2-8,14,20H,9-11H2,1H3,(H,25,28)/t14-,20+/m0/s1. The lowest BCUT2D eigenvalue weighted by atomic mass is 9.84. The van der Waals surface area contributed by atoms with Crippen molar-refractivity contribution in [2.45, 2.75) is 24.4 Å². The highest BCUT2D eigenvalue weighted by Gasteiger charge is 2.40. The van der Waals surface area contributed by atoms with Gasteiger partial charge < -0.3 is 10.1 Å². The highest BCUT2D eigenvalue weighted by Crippen LogP contribution is 2.51. The second-order valence-corrected chi connectivity index (χ2v) is 10.8. The molecule has 6 nitrogen and oxygen atoms in total. The van der Waals surface area contributed by atoms with Crippen molar-refractivity contribution in [3.63, 3.8) is 0 Å². The molecule has 0 saturated heterocycles. The highest BCUT2D eigenvalue weighted by atomic mass is 79.9. The number of nitrogens with zero attached hydrogens (tertiary/aromatic N) is 1. The molecule has 32 heavy (non-hydrogen) atoms. The molecule has 1 N–H and O–H groups in total. The van der Waals surface area contributed by atoms with Crippen molar-refractivity contribution in [3.8, 4) is 5.75 Å². The topological polar surface area (TPSA) is 77.4 Å². The number of Topliss-reactive ketones (excluding diaryl/α,β-unsaturated/α-hetero) is 1. The Labute approximate surface area is 201 Å². The molecule has 0 unspecified atom stereocenters. The molecule has 0 aliphatic carbocycles. The zero-order chi connectivity index (χ0) is 22.4. The SMILES string of the molecule is CC(=O)c1ccc(NC(=O)Cn2c3c(sc2=O)[C@H]2c4cc(Br)ccc4OC[C@H]2CS3)cc1. The first-order valence-electron chi connectivity index (χ1n) is 10.1. The van der Waals surface area contributed by atoms with Crippen molar-refractivity contribution in [2.75, 3.05) is 17.7 Å². The van der Waals surface area contributed by atoms with Gasteiger partial charge >= 0.3 is 4.87 Å². The van der Waals surface area contributed by atoms with Crippen LogP contribution >= 0.6 is 39.0 Å². The lowest BCUT2D eigenvalue weighted by molar-refractivity contribution is -0.116. The Kier molecular flexibility index (Phi) is 5.73. The number of fused-ring (bicyclic) bond motifs is 5. The Balaban J connectivity index is 1.41. The number of ether oxygens (including phenoxy) is 1. The molecule has 164 valence electrons. The van der Waals surface area contributed by atoms with Gasteiger partial charge in [-0.3, -0.25) is 19.0 Å². The molecule has 9 heteroatoms. The zero-order valence-corrected chi connectivity index (χ0v) is 20.3. The van der Waals surface area contributed by atoms with E-state index in [4.69, 9.17) is 4.74 Å². The monoisotopic (exact) mass is 530 g/mol. The summed E-state index contributed by atoms with van der Waals surface area (Å²) in [6, 6.07) is 12.7. The predicted octanol–water partition coefficient (Wildman–Crippen LogP) is 4.76. The largest absolute Gasteiger partial charge is 0.493 e. The summed E-state index contributed by atoms with van der Waals surface area (Å²) < 4.78 is 8.51. The number of nitrogens with one attached hydrogen (secondary N) is 1.